The summed E-state index contributed by atoms with van der Waals surface area (Å²) in [6.45, 7) is 9.06. The van der Waals surface area contributed by atoms with Crippen LogP contribution in [0.3, 0.4) is 0 Å². The number of aromatic nitrogens is 2. The standard InChI is InChI=1S/C14H25N3O/c1-4-16-13(14-11-15-7-8-17-14)6-10-18-9-5-12(2)3/h7-8,11-13,16H,4-6,9-10H2,1-3H3. The molecule has 0 aliphatic carbocycles. The van der Waals surface area contributed by atoms with E-state index in [1.165, 1.54) is 0 Å². The molecule has 1 rings (SSSR count). The van der Waals surface area contributed by atoms with Crippen LogP contribution in [0.5, 0.6) is 0 Å². The zero-order chi connectivity index (χ0) is 13.2. The Balaban J connectivity index is 2.31. The van der Waals surface area contributed by atoms with Gasteiger partial charge in [0.2, 0.25) is 0 Å². The van der Waals surface area contributed by atoms with E-state index in [0.29, 0.717) is 5.92 Å². The monoisotopic (exact) mass is 251 g/mol. The fourth-order valence-corrected chi connectivity index (χ4v) is 1.71. The van der Waals surface area contributed by atoms with E-state index in [1.54, 1.807) is 12.4 Å². The number of rotatable bonds is 9. The van der Waals surface area contributed by atoms with Gasteiger partial charge in [-0.2, -0.15) is 0 Å². The fraction of sp³-hybridized carbons (Fsp3) is 0.714. The van der Waals surface area contributed by atoms with E-state index < -0.39 is 0 Å². The highest BCUT2D eigenvalue weighted by molar-refractivity contribution is 5.01. The first kappa shape index (κ1) is 15.1. The molecule has 0 fully saturated rings. The average molecular weight is 251 g/mol. The van der Waals surface area contributed by atoms with Crippen LogP contribution in [0.15, 0.2) is 18.6 Å². The molecule has 0 saturated heterocycles. The Kier molecular flexibility index (Phi) is 7.53. The molecule has 0 aliphatic heterocycles. The molecule has 0 radical (unpaired) electrons. The van der Waals surface area contributed by atoms with Crippen LogP contribution in [-0.2, 0) is 4.74 Å². The third-order valence-electron chi connectivity index (χ3n) is 2.78. The molecule has 1 heterocycles. The first-order valence-electron chi connectivity index (χ1n) is 6.81. The predicted molar refractivity (Wildman–Crippen MR) is 73.3 cm³/mol. The molecular formula is C14H25N3O. The Labute approximate surface area is 110 Å². The molecule has 1 unspecified atom stereocenters. The van der Waals surface area contributed by atoms with Crippen LogP contribution in [-0.4, -0.2) is 29.7 Å². The molecule has 1 N–H and O–H groups in total. The van der Waals surface area contributed by atoms with Gasteiger partial charge in [0.25, 0.3) is 0 Å². The fourth-order valence-electron chi connectivity index (χ4n) is 1.71. The van der Waals surface area contributed by atoms with Crippen LogP contribution >= 0.6 is 0 Å². The van der Waals surface area contributed by atoms with Crippen molar-refractivity contribution in [1.29, 1.82) is 0 Å². The van der Waals surface area contributed by atoms with Gasteiger partial charge in [-0.25, -0.2) is 0 Å². The van der Waals surface area contributed by atoms with Crippen LogP contribution < -0.4 is 5.32 Å². The van der Waals surface area contributed by atoms with Gasteiger partial charge in [-0.1, -0.05) is 20.8 Å². The van der Waals surface area contributed by atoms with Gasteiger partial charge in [0.05, 0.1) is 11.7 Å². The van der Waals surface area contributed by atoms with Crippen molar-refractivity contribution in [2.75, 3.05) is 19.8 Å². The van der Waals surface area contributed by atoms with Gasteiger partial charge >= 0.3 is 0 Å². The lowest BCUT2D eigenvalue weighted by Crippen LogP contribution is -2.23. The molecule has 4 nitrogen and oxygen atoms in total. The number of ether oxygens (including phenoxy) is 1. The van der Waals surface area contributed by atoms with Gasteiger partial charge in [0.15, 0.2) is 0 Å². The predicted octanol–water partition coefficient (Wildman–Crippen LogP) is 2.58. The summed E-state index contributed by atoms with van der Waals surface area (Å²) in [5.74, 6) is 0.703. The third-order valence-corrected chi connectivity index (χ3v) is 2.78. The van der Waals surface area contributed by atoms with Crippen molar-refractivity contribution < 1.29 is 4.74 Å². The van der Waals surface area contributed by atoms with Gasteiger partial charge < -0.3 is 10.1 Å². The van der Waals surface area contributed by atoms with Crippen molar-refractivity contribution in [3.05, 3.63) is 24.3 Å². The average Bonchev–Trinajstić information content (AvgIpc) is 2.38. The van der Waals surface area contributed by atoms with E-state index in [1.807, 2.05) is 6.20 Å². The lowest BCUT2D eigenvalue weighted by atomic mass is 10.1. The van der Waals surface area contributed by atoms with Crippen molar-refractivity contribution in [3.8, 4) is 0 Å². The Morgan fingerprint density at radius 1 is 1.22 bits per heavy atom. The third kappa shape index (κ3) is 6.07. The molecule has 4 heteroatoms. The van der Waals surface area contributed by atoms with E-state index in [4.69, 9.17) is 4.74 Å². The summed E-state index contributed by atoms with van der Waals surface area (Å²) >= 11 is 0. The highest BCUT2D eigenvalue weighted by Crippen LogP contribution is 2.13. The molecule has 0 amide bonds. The molecule has 0 spiro atoms. The van der Waals surface area contributed by atoms with Crippen LogP contribution in [0, 0.1) is 5.92 Å². The summed E-state index contributed by atoms with van der Waals surface area (Å²) in [6.07, 6.45) is 7.31. The first-order valence-corrected chi connectivity index (χ1v) is 6.81. The van der Waals surface area contributed by atoms with Crippen LogP contribution in [0.4, 0.5) is 0 Å². The van der Waals surface area contributed by atoms with Gasteiger partial charge in [0, 0.05) is 31.8 Å². The highest BCUT2D eigenvalue weighted by Gasteiger charge is 2.11. The van der Waals surface area contributed by atoms with Crippen molar-refractivity contribution in [3.63, 3.8) is 0 Å². The Hall–Kier alpha value is -1.00. The zero-order valence-corrected chi connectivity index (χ0v) is 11.7. The van der Waals surface area contributed by atoms with Crippen LogP contribution in [0.2, 0.25) is 0 Å². The number of nitrogens with one attached hydrogen (secondary N) is 1. The number of nitrogens with zero attached hydrogens (tertiary/aromatic N) is 2. The van der Waals surface area contributed by atoms with Crippen molar-refractivity contribution in [2.24, 2.45) is 5.92 Å². The number of hydrogen-bond acceptors (Lipinski definition) is 4. The van der Waals surface area contributed by atoms with Crippen molar-refractivity contribution >= 4 is 0 Å². The quantitative estimate of drug-likeness (QED) is 0.685. The molecule has 0 aliphatic rings. The topological polar surface area (TPSA) is 47.0 Å². The van der Waals surface area contributed by atoms with E-state index in [2.05, 4.69) is 36.1 Å². The molecule has 102 valence electrons. The summed E-state index contributed by atoms with van der Waals surface area (Å²) in [5, 5.41) is 3.42. The van der Waals surface area contributed by atoms with Gasteiger partial charge in [-0.05, 0) is 25.3 Å². The van der Waals surface area contributed by atoms with E-state index >= 15 is 0 Å². The van der Waals surface area contributed by atoms with E-state index in [-0.39, 0.29) is 6.04 Å². The van der Waals surface area contributed by atoms with Gasteiger partial charge in [0.1, 0.15) is 0 Å². The zero-order valence-electron chi connectivity index (χ0n) is 11.7. The molecule has 0 bridgehead atoms. The molecule has 1 aromatic heterocycles. The molecule has 0 saturated carbocycles. The molecular weight excluding hydrogens is 226 g/mol. The molecule has 0 aromatic carbocycles. The minimum Gasteiger partial charge on any atom is -0.381 e. The van der Waals surface area contributed by atoms with Crippen molar-refractivity contribution in [1.82, 2.24) is 15.3 Å². The lowest BCUT2D eigenvalue weighted by Gasteiger charge is -2.17. The Morgan fingerprint density at radius 3 is 2.61 bits per heavy atom. The maximum atomic E-state index is 5.65. The van der Waals surface area contributed by atoms with Gasteiger partial charge in [-0.15, -0.1) is 0 Å². The second kappa shape index (κ2) is 9.00. The van der Waals surface area contributed by atoms with Crippen molar-refractivity contribution in [2.45, 2.75) is 39.7 Å². The first-order chi connectivity index (χ1) is 8.74. The van der Waals surface area contributed by atoms with Crippen LogP contribution in [0.1, 0.15) is 45.3 Å². The SMILES string of the molecule is CCNC(CCOCCC(C)C)c1cnccn1. The highest BCUT2D eigenvalue weighted by atomic mass is 16.5. The molecule has 18 heavy (non-hydrogen) atoms. The summed E-state index contributed by atoms with van der Waals surface area (Å²) < 4.78 is 5.65. The Morgan fingerprint density at radius 2 is 2.00 bits per heavy atom. The van der Waals surface area contributed by atoms with E-state index in [9.17, 15) is 0 Å². The summed E-state index contributed by atoms with van der Waals surface area (Å²) in [5.41, 5.74) is 0.992. The summed E-state index contributed by atoms with van der Waals surface area (Å²) in [4.78, 5) is 8.46. The minimum absolute atomic E-state index is 0.239. The molecule has 1 atom stereocenters. The Bertz CT molecular complexity index is 303. The number of hydrogen-bond donors (Lipinski definition) is 1. The lowest BCUT2D eigenvalue weighted by molar-refractivity contribution is 0.114. The maximum absolute atomic E-state index is 5.65. The summed E-state index contributed by atoms with van der Waals surface area (Å²) in [6, 6.07) is 0.239. The summed E-state index contributed by atoms with van der Waals surface area (Å²) in [7, 11) is 0. The molecule has 1 aromatic rings. The second-order valence-electron chi connectivity index (χ2n) is 4.82. The maximum Gasteiger partial charge on any atom is 0.0756 e. The smallest absolute Gasteiger partial charge is 0.0756 e. The van der Waals surface area contributed by atoms with E-state index in [0.717, 1.165) is 38.3 Å². The second-order valence-corrected chi connectivity index (χ2v) is 4.82. The van der Waals surface area contributed by atoms with Gasteiger partial charge in [-0.3, -0.25) is 9.97 Å². The largest absolute Gasteiger partial charge is 0.381 e. The van der Waals surface area contributed by atoms with Crippen LogP contribution in [0.25, 0.3) is 0 Å². The normalized spacial score (nSPS) is 12.9. The minimum atomic E-state index is 0.239.